The Morgan fingerprint density at radius 2 is 1.76 bits per heavy atom. The number of hydrogen-bond acceptors (Lipinski definition) is 1. The molecule has 0 saturated carbocycles. The lowest BCUT2D eigenvalue weighted by Crippen LogP contribution is -2.03. The second-order valence-electron chi connectivity index (χ2n) is 6.20. The van der Waals surface area contributed by atoms with Gasteiger partial charge in [0.25, 0.3) is 5.91 Å². The number of aryl methyl sites for hydroxylation is 1. The summed E-state index contributed by atoms with van der Waals surface area (Å²) in [5.41, 5.74) is 6.33. The van der Waals surface area contributed by atoms with Crippen molar-refractivity contribution in [2.45, 2.75) is 13.8 Å². The average Bonchev–Trinajstić information content (AvgIpc) is 3.06. The van der Waals surface area contributed by atoms with E-state index in [2.05, 4.69) is 9.88 Å². The van der Waals surface area contributed by atoms with Gasteiger partial charge in [-0.1, -0.05) is 18.2 Å². The molecular weight excluding hydrogens is 315 g/mol. The van der Waals surface area contributed by atoms with Crippen molar-refractivity contribution in [2.24, 2.45) is 0 Å². The Bertz CT molecular complexity index is 1010. The van der Waals surface area contributed by atoms with E-state index in [4.69, 9.17) is 0 Å². The molecule has 4 rings (SSSR count). The quantitative estimate of drug-likeness (QED) is 0.677. The number of fused-ring (bicyclic) bond motifs is 1. The van der Waals surface area contributed by atoms with E-state index >= 15 is 0 Å². The van der Waals surface area contributed by atoms with Crippen molar-refractivity contribution in [2.75, 3.05) is 5.32 Å². The van der Waals surface area contributed by atoms with Crippen molar-refractivity contribution >= 4 is 23.2 Å². The van der Waals surface area contributed by atoms with Crippen LogP contribution in [0.1, 0.15) is 22.5 Å². The van der Waals surface area contributed by atoms with Crippen molar-refractivity contribution in [3.8, 4) is 5.69 Å². The number of carbonyl (C=O) groups is 1. The normalized spacial score (nSPS) is 14.7. The first-order valence-electron chi connectivity index (χ1n) is 8.12. The van der Waals surface area contributed by atoms with Gasteiger partial charge < -0.3 is 9.88 Å². The highest BCUT2D eigenvalue weighted by Crippen LogP contribution is 2.34. The predicted molar refractivity (Wildman–Crippen MR) is 98.1 cm³/mol. The molecule has 2 aromatic carbocycles. The zero-order valence-corrected chi connectivity index (χ0v) is 14.0. The fourth-order valence-electron chi connectivity index (χ4n) is 3.36. The zero-order chi connectivity index (χ0) is 17.6. The second kappa shape index (κ2) is 5.74. The smallest absolute Gasteiger partial charge is 0.256 e. The number of anilines is 1. The number of nitrogens with one attached hydrogen (secondary N) is 1. The molecule has 0 radical (unpaired) electrons. The van der Waals surface area contributed by atoms with E-state index in [0.29, 0.717) is 5.57 Å². The Hall–Kier alpha value is -3.14. The topological polar surface area (TPSA) is 34.0 Å². The van der Waals surface area contributed by atoms with Crippen LogP contribution in [0.4, 0.5) is 10.1 Å². The first-order valence-corrected chi connectivity index (χ1v) is 8.12. The van der Waals surface area contributed by atoms with Crippen LogP contribution in [-0.2, 0) is 4.79 Å². The highest BCUT2D eigenvalue weighted by molar-refractivity contribution is 6.34. The van der Waals surface area contributed by atoms with Crippen molar-refractivity contribution in [1.82, 2.24) is 4.57 Å². The van der Waals surface area contributed by atoms with Crippen molar-refractivity contribution < 1.29 is 9.18 Å². The van der Waals surface area contributed by atoms with E-state index in [9.17, 15) is 9.18 Å². The van der Waals surface area contributed by atoms with Gasteiger partial charge in [-0.2, -0.15) is 0 Å². The summed E-state index contributed by atoms with van der Waals surface area (Å²) in [6.45, 7) is 4.00. The molecule has 1 aliphatic rings. The Kier molecular flexibility index (Phi) is 3.53. The molecule has 124 valence electrons. The first kappa shape index (κ1) is 15.4. The Morgan fingerprint density at radius 1 is 1.04 bits per heavy atom. The van der Waals surface area contributed by atoms with Crippen LogP contribution in [-0.4, -0.2) is 10.5 Å². The van der Waals surface area contributed by atoms with Gasteiger partial charge >= 0.3 is 0 Å². The maximum Gasteiger partial charge on any atom is 0.256 e. The molecule has 1 aliphatic heterocycles. The lowest BCUT2D eigenvalue weighted by molar-refractivity contribution is -0.110. The number of halogens is 1. The summed E-state index contributed by atoms with van der Waals surface area (Å²) in [7, 11) is 0. The largest absolute Gasteiger partial charge is 0.321 e. The van der Waals surface area contributed by atoms with E-state index in [1.54, 1.807) is 12.1 Å². The number of benzene rings is 2. The third-order valence-corrected chi connectivity index (χ3v) is 4.57. The number of rotatable bonds is 2. The third-order valence-electron chi connectivity index (χ3n) is 4.57. The Morgan fingerprint density at radius 3 is 2.52 bits per heavy atom. The molecule has 1 aromatic heterocycles. The van der Waals surface area contributed by atoms with Gasteiger partial charge in [-0.05, 0) is 61.9 Å². The van der Waals surface area contributed by atoms with E-state index in [-0.39, 0.29) is 11.7 Å². The van der Waals surface area contributed by atoms with Gasteiger partial charge in [-0.25, -0.2) is 4.39 Å². The van der Waals surface area contributed by atoms with Gasteiger partial charge in [0.1, 0.15) is 5.82 Å². The maximum absolute atomic E-state index is 13.2. The molecule has 0 saturated heterocycles. The van der Waals surface area contributed by atoms with Crippen molar-refractivity contribution in [3.05, 3.63) is 82.9 Å². The summed E-state index contributed by atoms with van der Waals surface area (Å²) in [5, 5.41) is 2.89. The highest BCUT2D eigenvalue weighted by Gasteiger charge is 2.24. The third kappa shape index (κ3) is 2.56. The van der Waals surface area contributed by atoms with Gasteiger partial charge in [0.15, 0.2) is 0 Å². The molecule has 1 amide bonds. The monoisotopic (exact) mass is 332 g/mol. The molecule has 0 unspecified atom stereocenters. The molecule has 0 atom stereocenters. The fraction of sp³-hybridized carbons (Fsp3) is 0.0952. The summed E-state index contributed by atoms with van der Waals surface area (Å²) in [5.74, 6) is -0.347. The zero-order valence-electron chi connectivity index (χ0n) is 14.0. The van der Waals surface area contributed by atoms with Crippen LogP contribution < -0.4 is 5.32 Å². The number of amides is 1. The average molecular weight is 332 g/mol. The molecular formula is C21H17FN2O. The summed E-state index contributed by atoms with van der Waals surface area (Å²) in [4.78, 5) is 12.3. The molecule has 3 aromatic rings. The van der Waals surface area contributed by atoms with E-state index in [1.807, 2.05) is 50.3 Å². The number of aromatic nitrogens is 1. The number of para-hydroxylation sites is 1. The minimum atomic E-state index is -0.257. The molecule has 2 heterocycles. The lowest BCUT2D eigenvalue weighted by Gasteiger charge is -2.09. The second-order valence-corrected chi connectivity index (χ2v) is 6.20. The number of nitrogens with zero attached hydrogens (tertiary/aromatic N) is 1. The first-order chi connectivity index (χ1) is 12.0. The van der Waals surface area contributed by atoms with E-state index in [1.165, 1.54) is 12.1 Å². The minimum Gasteiger partial charge on any atom is -0.321 e. The van der Waals surface area contributed by atoms with Crippen LogP contribution in [0.3, 0.4) is 0 Å². The van der Waals surface area contributed by atoms with Gasteiger partial charge in [0.05, 0.1) is 0 Å². The standard InChI is InChI=1S/C21H17FN2O/c1-13-11-15(14(2)24(13)17-9-7-16(22)8-10-17)12-19-18-5-3-4-6-20(18)23-21(19)25/h3-12H,1-2H3,(H,23,25)/b19-12+. The Balaban J connectivity index is 1.82. The van der Waals surface area contributed by atoms with Crippen molar-refractivity contribution in [1.29, 1.82) is 0 Å². The van der Waals surface area contributed by atoms with Gasteiger partial charge in [0, 0.05) is 33.9 Å². The molecule has 25 heavy (non-hydrogen) atoms. The lowest BCUT2D eigenvalue weighted by atomic mass is 10.0. The van der Waals surface area contributed by atoms with E-state index in [0.717, 1.165) is 33.9 Å². The van der Waals surface area contributed by atoms with Crippen LogP contribution in [0, 0.1) is 19.7 Å². The van der Waals surface area contributed by atoms with Crippen LogP contribution in [0.2, 0.25) is 0 Å². The predicted octanol–water partition coefficient (Wildman–Crippen LogP) is 4.73. The molecule has 0 spiro atoms. The van der Waals surface area contributed by atoms with Crippen LogP contribution in [0.15, 0.2) is 54.6 Å². The van der Waals surface area contributed by atoms with Gasteiger partial charge in [-0.3, -0.25) is 4.79 Å². The van der Waals surface area contributed by atoms with Crippen molar-refractivity contribution in [3.63, 3.8) is 0 Å². The Labute approximate surface area is 145 Å². The fourth-order valence-corrected chi connectivity index (χ4v) is 3.36. The molecule has 3 nitrogen and oxygen atoms in total. The summed E-state index contributed by atoms with van der Waals surface area (Å²) in [6.07, 6.45) is 1.92. The van der Waals surface area contributed by atoms with Gasteiger partial charge in [0.2, 0.25) is 0 Å². The molecule has 4 heteroatoms. The van der Waals surface area contributed by atoms with E-state index < -0.39 is 0 Å². The maximum atomic E-state index is 13.2. The van der Waals surface area contributed by atoms with Crippen LogP contribution in [0.5, 0.6) is 0 Å². The number of carbonyl (C=O) groups excluding carboxylic acids is 1. The summed E-state index contributed by atoms with van der Waals surface area (Å²) in [6, 6.07) is 16.1. The molecule has 0 aliphatic carbocycles. The minimum absolute atomic E-state index is 0.0900. The summed E-state index contributed by atoms with van der Waals surface area (Å²) >= 11 is 0. The van der Waals surface area contributed by atoms with Gasteiger partial charge in [-0.15, -0.1) is 0 Å². The molecule has 0 bridgehead atoms. The van der Waals surface area contributed by atoms with Crippen LogP contribution in [0.25, 0.3) is 17.3 Å². The summed E-state index contributed by atoms with van der Waals surface area (Å²) < 4.78 is 15.3. The molecule has 1 N–H and O–H groups in total. The SMILES string of the molecule is Cc1cc(/C=C2/C(=O)Nc3ccccc32)c(C)n1-c1ccc(F)cc1. The molecule has 0 fully saturated rings. The highest BCUT2D eigenvalue weighted by atomic mass is 19.1. The van der Waals surface area contributed by atoms with Crippen LogP contribution >= 0.6 is 0 Å². The number of hydrogen-bond donors (Lipinski definition) is 1.